The van der Waals surface area contributed by atoms with Gasteiger partial charge >= 0.3 is 5.97 Å². The fraction of sp³-hybridized carbons (Fsp3) is 0.200. The monoisotopic (exact) mass is 379 g/mol. The molecule has 0 N–H and O–H groups in total. The number of hydrogen-bond acceptors (Lipinski definition) is 8. The Kier molecular flexibility index (Phi) is 4.64. The van der Waals surface area contributed by atoms with Gasteiger partial charge in [-0.05, 0) is 12.5 Å². The van der Waals surface area contributed by atoms with Crippen LogP contribution >= 0.6 is 11.3 Å². The van der Waals surface area contributed by atoms with Gasteiger partial charge in [-0.25, -0.2) is 18.2 Å². The van der Waals surface area contributed by atoms with E-state index in [2.05, 4.69) is 10.1 Å². The van der Waals surface area contributed by atoms with E-state index in [9.17, 15) is 18.0 Å². The number of carbonyl (C=O) groups is 1. The van der Waals surface area contributed by atoms with Crippen LogP contribution in [0, 0.1) is 0 Å². The first-order valence-corrected chi connectivity index (χ1v) is 9.72. The van der Waals surface area contributed by atoms with Crippen molar-refractivity contribution in [2.75, 3.05) is 6.61 Å². The van der Waals surface area contributed by atoms with Gasteiger partial charge < -0.3 is 4.74 Å². The van der Waals surface area contributed by atoms with Crippen LogP contribution < -0.4 is 5.56 Å². The van der Waals surface area contributed by atoms with Gasteiger partial charge in [0, 0.05) is 0 Å². The number of benzene rings is 1. The molecule has 0 spiro atoms. The molecule has 0 radical (unpaired) electrons. The van der Waals surface area contributed by atoms with Crippen molar-refractivity contribution in [1.82, 2.24) is 14.6 Å². The molecule has 10 heteroatoms. The second-order valence-electron chi connectivity index (χ2n) is 5.00. The number of sulfone groups is 1. The Morgan fingerprint density at radius 3 is 2.68 bits per heavy atom. The number of nitrogens with zero attached hydrogens (tertiary/aromatic N) is 3. The number of fused-ring (bicyclic) bond motifs is 1. The van der Waals surface area contributed by atoms with E-state index in [1.54, 1.807) is 37.3 Å². The van der Waals surface area contributed by atoms with E-state index in [1.165, 1.54) is 0 Å². The van der Waals surface area contributed by atoms with E-state index in [4.69, 9.17) is 4.74 Å². The zero-order chi connectivity index (χ0) is 18.0. The Hall–Kier alpha value is -2.59. The first kappa shape index (κ1) is 17.2. The predicted molar refractivity (Wildman–Crippen MR) is 90.4 cm³/mol. The fourth-order valence-corrected chi connectivity index (χ4v) is 4.56. The van der Waals surface area contributed by atoms with Crippen LogP contribution in [0.2, 0.25) is 0 Å². The van der Waals surface area contributed by atoms with Crippen molar-refractivity contribution in [1.29, 1.82) is 0 Å². The maximum atomic E-state index is 12.5. The van der Waals surface area contributed by atoms with Crippen LogP contribution in [0.1, 0.15) is 22.8 Å². The standard InChI is InChI=1S/C15H13N3O5S2/c1-2-23-13(20)11-8-16-14-18(12(11)19)17-15(24-14)25(21,22)9-10-6-4-3-5-7-10/h3-8H,2,9H2,1H3. The van der Waals surface area contributed by atoms with Gasteiger partial charge in [0.05, 0.1) is 18.6 Å². The van der Waals surface area contributed by atoms with Crippen LogP contribution in [0.5, 0.6) is 0 Å². The highest BCUT2D eigenvalue weighted by Gasteiger charge is 2.23. The Bertz CT molecular complexity index is 1090. The highest BCUT2D eigenvalue weighted by Crippen LogP contribution is 2.21. The van der Waals surface area contributed by atoms with E-state index >= 15 is 0 Å². The van der Waals surface area contributed by atoms with Crippen LogP contribution in [-0.2, 0) is 20.3 Å². The van der Waals surface area contributed by atoms with E-state index in [0.29, 0.717) is 5.56 Å². The minimum absolute atomic E-state index is 0.0877. The fourth-order valence-electron chi connectivity index (χ4n) is 2.10. The number of esters is 1. The SMILES string of the molecule is CCOC(=O)c1cnc2sc(S(=O)(=O)Cc3ccccc3)nn2c1=O. The summed E-state index contributed by atoms with van der Waals surface area (Å²) in [6, 6.07) is 8.64. The number of hydrogen-bond donors (Lipinski definition) is 0. The zero-order valence-electron chi connectivity index (χ0n) is 13.1. The second kappa shape index (κ2) is 6.73. The van der Waals surface area contributed by atoms with Gasteiger partial charge in [0.1, 0.15) is 5.56 Å². The lowest BCUT2D eigenvalue weighted by atomic mass is 10.2. The number of aromatic nitrogens is 3. The highest BCUT2D eigenvalue weighted by molar-refractivity contribution is 7.92. The summed E-state index contributed by atoms with van der Waals surface area (Å²) in [6.45, 7) is 1.72. The van der Waals surface area contributed by atoms with E-state index in [0.717, 1.165) is 22.0 Å². The molecule has 0 saturated carbocycles. The first-order valence-electron chi connectivity index (χ1n) is 7.25. The average molecular weight is 379 g/mol. The normalized spacial score (nSPS) is 11.6. The Balaban J connectivity index is 2.02. The van der Waals surface area contributed by atoms with Crippen LogP contribution in [0.15, 0.2) is 45.7 Å². The molecule has 1 aromatic carbocycles. The van der Waals surface area contributed by atoms with Crippen molar-refractivity contribution in [3.8, 4) is 0 Å². The highest BCUT2D eigenvalue weighted by atomic mass is 32.2. The average Bonchev–Trinajstić information content (AvgIpc) is 3.02. The van der Waals surface area contributed by atoms with Crippen molar-refractivity contribution in [3.63, 3.8) is 0 Å². The summed E-state index contributed by atoms with van der Waals surface area (Å²) < 4.78 is 30.4. The molecule has 25 heavy (non-hydrogen) atoms. The largest absolute Gasteiger partial charge is 0.462 e. The zero-order valence-corrected chi connectivity index (χ0v) is 14.7. The van der Waals surface area contributed by atoms with Gasteiger partial charge in [0.25, 0.3) is 5.56 Å². The smallest absolute Gasteiger partial charge is 0.345 e. The third kappa shape index (κ3) is 3.44. The van der Waals surface area contributed by atoms with Gasteiger partial charge in [-0.2, -0.15) is 4.52 Å². The molecule has 0 bridgehead atoms. The number of ether oxygens (including phenoxy) is 1. The molecule has 0 amide bonds. The molecule has 2 heterocycles. The summed E-state index contributed by atoms with van der Waals surface area (Å²) >= 11 is 0.772. The molecular weight excluding hydrogens is 366 g/mol. The van der Waals surface area contributed by atoms with Crippen LogP contribution in [0.25, 0.3) is 4.96 Å². The lowest BCUT2D eigenvalue weighted by molar-refractivity contribution is 0.0523. The maximum Gasteiger partial charge on any atom is 0.345 e. The van der Waals surface area contributed by atoms with E-state index in [1.807, 2.05) is 0 Å². The molecule has 0 saturated heterocycles. The first-order chi connectivity index (χ1) is 11.9. The Labute approximate surface area is 146 Å². The lowest BCUT2D eigenvalue weighted by Crippen LogP contribution is -2.24. The molecule has 0 fully saturated rings. The van der Waals surface area contributed by atoms with Crippen LogP contribution in [0.4, 0.5) is 0 Å². The molecule has 8 nitrogen and oxygen atoms in total. The lowest BCUT2D eigenvalue weighted by Gasteiger charge is -2.00. The molecule has 0 unspecified atom stereocenters. The van der Waals surface area contributed by atoms with Gasteiger partial charge in [-0.3, -0.25) is 4.79 Å². The third-order valence-electron chi connectivity index (χ3n) is 3.23. The molecular formula is C15H13N3O5S2. The van der Waals surface area contributed by atoms with Crippen molar-refractivity contribution in [2.45, 2.75) is 17.0 Å². The minimum atomic E-state index is -3.74. The van der Waals surface area contributed by atoms with Crippen molar-refractivity contribution in [2.24, 2.45) is 0 Å². The number of carbonyl (C=O) groups excluding carboxylic acids is 1. The predicted octanol–water partition coefficient (Wildman–Crippen LogP) is 1.30. The minimum Gasteiger partial charge on any atom is -0.462 e. The van der Waals surface area contributed by atoms with Gasteiger partial charge in [0.2, 0.25) is 19.1 Å². The quantitative estimate of drug-likeness (QED) is 0.615. The second-order valence-corrected chi connectivity index (χ2v) is 8.12. The summed E-state index contributed by atoms with van der Waals surface area (Å²) in [7, 11) is -3.74. The summed E-state index contributed by atoms with van der Waals surface area (Å²) in [5.74, 6) is -1.07. The molecule has 0 atom stereocenters. The third-order valence-corrected chi connectivity index (χ3v) is 6.29. The molecule has 0 aliphatic rings. The van der Waals surface area contributed by atoms with Crippen molar-refractivity contribution < 1.29 is 17.9 Å². The molecule has 3 rings (SSSR count). The number of rotatable bonds is 5. The molecule has 0 aliphatic heterocycles. The van der Waals surface area contributed by atoms with E-state index in [-0.39, 0.29) is 27.2 Å². The maximum absolute atomic E-state index is 12.5. The molecule has 3 aromatic rings. The van der Waals surface area contributed by atoms with E-state index < -0.39 is 21.4 Å². The Morgan fingerprint density at radius 2 is 2.00 bits per heavy atom. The van der Waals surface area contributed by atoms with Gasteiger partial charge in [-0.1, -0.05) is 41.7 Å². The topological polar surface area (TPSA) is 108 Å². The summed E-state index contributed by atoms with van der Waals surface area (Å²) in [5.41, 5.74) is -0.452. The summed E-state index contributed by atoms with van der Waals surface area (Å²) in [6.07, 6.45) is 1.07. The molecule has 130 valence electrons. The van der Waals surface area contributed by atoms with Crippen molar-refractivity contribution in [3.05, 3.63) is 58.0 Å². The van der Waals surface area contributed by atoms with Gasteiger partial charge in [-0.15, -0.1) is 5.10 Å². The molecule has 0 aliphatic carbocycles. The Morgan fingerprint density at radius 1 is 1.28 bits per heavy atom. The summed E-state index contributed by atoms with van der Waals surface area (Å²) in [4.78, 5) is 28.1. The van der Waals surface area contributed by atoms with Crippen LogP contribution in [0.3, 0.4) is 0 Å². The van der Waals surface area contributed by atoms with Crippen molar-refractivity contribution >= 4 is 32.1 Å². The van der Waals surface area contributed by atoms with Crippen LogP contribution in [-0.4, -0.2) is 35.6 Å². The molecule has 2 aromatic heterocycles. The summed E-state index contributed by atoms with van der Waals surface area (Å²) in [5, 5.41) is 3.85. The van der Waals surface area contributed by atoms with Gasteiger partial charge in [0.15, 0.2) is 0 Å².